The van der Waals surface area contributed by atoms with Gasteiger partial charge in [-0.25, -0.2) is 5.43 Å². The lowest BCUT2D eigenvalue weighted by Crippen LogP contribution is -2.48. The first-order valence-electron chi connectivity index (χ1n) is 7.63. The Morgan fingerprint density at radius 3 is 2.40 bits per heavy atom. The Hall–Kier alpha value is -1.43. The van der Waals surface area contributed by atoms with E-state index in [0.717, 1.165) is 25.9 Å². The first-order valence-corrected chi connectivity index (χ1v) is 7.63. The summed E-state index contributed by atoms with van der Waals surface area (Å²) in [5.74, 6) is -0.0980. The summed E-state index contributed by atoms with van der Waals surface area (Å²) < 4.78 is 0. The van der Waals surface area contributed by atoms with Crippen LogP contribution in [0, 0.1) is 0 Å². The molecule has 2 saturated heterocycles. The van der Waals surface area contributed by atoms with Crippen molar-refractivity contribution in [3.05, 3.63) is 0 Å². The van der Waals surface area contributed by atoms with Gasteiger partial charge in [0.05, 0.1) is 0 Å². The van der Waals surface area contributed by atoms with E-state index in [0.29, 0.717) is 24.6 Å². The van der Waals surface area contributed by atoms with Crippen LogP contribution in [0.15, 0.2) is 5.10 Å². The summed E-state index contributed by atoms with van der Waals surface area (Å²) in [4.78, 5) is 27.8. The van der Waals surface area contributed by atoms with Crippen molar-refractivity contribution in [2.75, 3.05) is 26.2 Å². The number of hydrazone groups is 1. The van der Waals surface area contributed by atoms with Crippen molar-refractivity contribution >= 4 is 17.5 Å². The van der Waals surface area contributed by atoms with E-state index in [-0.39, 0.29) is 11.8 Å². The lowest BCUT2D eigenvalue weighted by Gasteiger charge is -2.36. The van der Waals surface area contributed by atoms with Gasteiger partial charge in [0.2, 0.25) is 5.91 Å². The fourth-order valence-corrected chi connectivity index (χ4v) is 3.35. The van der Waals surface area contributed by atoms with Gasteiger partial charge in [0, 0.05) is 32.0 Å². The van der Waals surface area contributed by atoms with Crippen LogP contribution in [0.2, 0.25) is 0 Å². The number of likely N-dealkylation sites (tertiary alicyclic amines) is 2. The summed E-state index contributed by atoms with van der Waals surface area (Å²) in [5.41, 5.74) is 2.90. The molecule has 0 aromatic rings. The number of amides is 2. The molecule has 6 heteroatoms. The minimum Gasteiger partial charge on any atom is -0.337 e. The van der Waals surface area contributed by atoms with Crippen LogP contribution in [0.1, 0.15) is 38.5 Å². The Bertz CT molecular complexity index is 421. The Labute approximate surface area is 119 Å². The van der Waals surface area contributed by atoms with Crippen LogP contribution in [0.5, 0.6) is 0 Å². The second-order valence-corrected chi connectivity index (χ2v) is 5.86. The summed E-state index contributed by atoms with van der Waals surface area (Å²) in [6.45, 7) is 4.06. The number of hydrogen-bond acceptors (Lipinski definition) is 4. The van der Waals surface area contributed by atoms with Crippen LogP contribution in [0.3, 0.4) is 0 Å². The number of carbonyl (C=O) groups is 2. The number of nitrogens with zero attached hydrogens (tertiary/aromatic N) is 3. The van der Waals surface area contributed by atoms with Crippen LogP contribution < -0.4 is 5.43 Å². The van der Waals surface area contributed by atoms with Crippen molar-refractivity contribution in [2.45, 2.75) is 44.6 Å². The molecule has 3 rings (SSSR count). The van der Waals surface area contributed by atoms with Gasteiger partial charge in [-0.15, -0.1) is 0 Å². The standard InChI is InChI=1S/C14H22N4O2/c19-13-4-3-12(15-16-13)14(20)18-9-5-11(6-10-18)17-7-1-2-8-17/h11H,1-10H2,(H,16,19). The van der Waals surface area contributed by atoms with Gasteiger partial charge < -0.3 is 9.80 Å². The molecular formula is C14H22N4O2. The Kier molecular flexibility index (Phi) is 4.00. The summed E-state index contributed by atoms with van der Waals surface area (Å²) in [6, 6.07) is 0.648. The van der Waals surface area contributed by atoms with E-state index < -0.39 is 0 Å². The number of piperidine rings is 1. The Morgan fingerprint density at radius 1 is 1.10 bits per heavy atom. The van der Waals surface area contributed by atoms with Gasteiger partial charge in [-0.1, -0.05) is 0 Å². The maximum atomic E-state index is 12.3. The van der Waals surface area contributed by atoms with Gasteiger partial charge in [0.25, 0.3) is 5.91 Å². The predicted molar refractivity (Wildman–Crippen MR) is 75.2 cm³/mol. The van der Waals surface area contributed by atoms with E-state index in [1.54, 1.807) is 0 Å². The quantitative estimate of drug-likeness (QED) is 0.792. The minimum absolute atomic E-state index is 0.00451. The molecule has 0 aromatic carbocycles. The second-order valence-electron chi connectivity index (χ2n) is 5.86. The highest BCUT2D eigenvalue weighted by Crippen LogP contribution is 2.21. The van der Waals surface area contributed by atoms with Crippen LogP contribution in [-0.2, 0) is 9.59 Å². The van der Waals surface area contributed by atoms with E-state index in [1.807, 2.05) is 4.90 Å². The van der Waals surface area contributed by atoms with Gasteiger partial charge in [0.1, 0.15) is 5.71 Å². The SMILES string of the molecule is O=C1CCC(C(=O)N2CCC(N3CCCC3)CC2)=NN1. The van der Waals surface area contributed by atoms with Gasteiger partial charge >= 0.3 is 0 Å². The topological polar surface area (TPSA) is 65.0 Å². The summed E-state index contributed by atoms with van der Waals surface area (Å²) in [5, 5.41) is 3.90. The minimum atomic E-state index is -0.103. The van der Waals surface area contributed by atoms with Gasteiger partial charge in [-0.05, 0) is 38.8 Å². The number of carbonyl (C=O) groups excluding carboxylic acids is 2. The van der Waals surface area contributed by atoms with E-state index in [4.69, 9.17) is 0 Å². The van der Waals surface area contributed by atoms with Crippen molar-refractivity contribution in [2.24, 2.45) is 5.10 Å². The van der Waals surface area contributed by atoms with E-state index in [2.05, 4.69) is 15.4 Å². The highest BCUT2D eigenvalue weighted by Gasteiger charge is 2.30. The van der Waals surface area contributed by atoms with Gasteiger partial charge in [-0.3, -0.25) is 9.59 Å². The van der Waals surface area contributed by atoms with Gasteiger partial charge in [0.15, 0.2) is 0 Å². The van der Waals surface area contributed by atoms with Gasteiger partial charge in [-0.2, -0.15) is 5.10 Å². The average Bonchev–Trinajstić information content (AvgIpc) is 3.02. The molecule has 0 atom stereocenters. The fourth-order valence-electron chi connectivity index (χ4n) is 3.35. The number of rotatable bonds is 2. The monoisotopic (exact) mass is 278 g/mol. The van der Waals surface area contributed by atoms with Crippen LogP contribution in [-0.4, -0.2) is 59.5 Å². The van der Waals surface area contributed by atoms with Crippen molar-refractivity contribution in [3.8, 4) is 0 Å². The Balaban J connectivity index is 1.52. The average molecular weight is 278 g/mol. The maximum Gasteiger partial charge on any atom is 0.270 e. The molecule has 1 N–H and O–H groups in total. The molecule has 0 radical (unpaired) electrons. The molecule has 3 aliphatic rings. The lowest BCUT2D eigenvalue weighted by atomic mass is 10.0. The number of hydrogen-bond donors (Lipinski definition) is 1. The van der Waals surface area contributed by atoms with Crippen molar-refractivity contribution in [3.63, 3.8) is 0 Å². The first-order chi connectivity index (χ1) is 9.74. The van der Waals surface area contributed by atoms with Crippen LogP contribution in [0.25, 0.3) is 0 Å². The van der Waals surface area contributed by atoms with Crippen LogP contribution in [0.4, 0.5) is 0 Å². The molecule has 110 valence electrons. The molecule has 0 spiro atoms. The summed E-state index contributed by atoms with van der Waals surface area (Å²) in [7, 11) is 0. The molecule has 3 aliphatic heterocycles. The zero-order valence-corrected chi connectivity index (χ0v) is 11.8. The van der Waals surface area contributed by atoms with Crippen molar-refractivity contribution < 1.29 is 9.59 Å². The van der Waals surface area contributed by atoms with E-state index in [1.165, 1.54) is 25.9 Å². The molecule has 2 fully saturated rings. The molecule has 0 aromatic heterocycles. The third kappa shape index (κ3) is 2.85. The molecule has 6 nitrogen and oxygen atoms in total. The van der Waals surface area contributed by atoms with E-state index in [9.17, 15) is 9.59 Å². The molecule has 20 heavy (non-hydrogen) atoms. The number of nitrogens with one attached hydrogen (secondary N) is 1. The lowest BCUT2D eigenvalue weighted by molar-refractivity contribution is -0.126. The summed E-state index contributed by atoms with van der Waals surface area (Å²) >= 11 is 0. The highest BCUT2D eigenvalue weighted by molar-refractivity contribution is 6.39. The maximum absolute atomic E-state index is 12.3. The van der Waals surface area contributed by atoms with E-state index >= 15 is 0 Å². The smallest absolute Gasteiger partial charge is 0.270 e. The zero-order valence-electron chi connectivity index (χ0n) is 11.8. The molecule has 2 amide bonds. The fraction of sp³-hybridized carbons (Fsp3) is 0.786. The molecule has 0 saturated carbocycles. The summed E-state index contributed by atoms with van der Waals surface area (Å²) in [6.07, 6.45) is 5.59. The predicted octanol–water partition coefficient (Wildman–Crippen LogP) is 0.339. The third-order valence-corrected chi connectivity index (χ3v) is 4.56. The van der Waals surface area contributed by atoms with Crippen LogP contribution >= 0.6 is 0 Å². The molecule has 0 unspecified atom stereocenters. The van der Waals surface area contributed by atoms with Crippen molar-refractivity contribution in [1.82, 2.24) is 15.2 Å². The normalized spacial score (nSPS) is 25.5. The molecule has 0 bridgehead atoms. The zero-order chi connectivity index (χ0) is 13.9. The molecular weight excluding hydrogens is 256 g/mol. The van der Waals surface area contributed by atoms with Crippen molar-refractivity contribution in [1.29, 1.82) is 0 Å². The highest BCUT2D eigenvalue weighted by atomic mass is 16.2. The third-order valence-electron chi connectivity index (χ3n) is 4.56. The second kappa shape index (κ2) is 5.91. The molecule has 0 aliphatic carbocycles. The first kappa shape index (κ1) is 13.5. The largest absolute Gasteiger partial charge is 0.337 e. The Morgan fingerprint density at radius 2 is 1.80 bits per heavy atom. The molecule has 3 heterocycles.